The van der Waals surface area contributed by atoms with Crippen LogP contribution in [0.15, 0.2) is 30.5 Å². The molecule has 0 unspecified atom stereocenters. The molecule has 0 saturated heterocycles. The van der Waals surface area contributed by atoms with Crippen molar-refractivity contribution in [2.24, 2.45) is 5.73 Å². The summed E-state index contributed by atoms with van der Waals surface area (Å²) in [6.45, 7) is 4.88. The van der Waals surface area contributed by atoms with E-state index in [9.17, 15) is 0 Å². The molecular formula is C15H19N3. The van der Waals surface area contributed by atoms with Crippen molar-refractivity contribution in [1.29, 1.82) is 0 Å². The van der Waals surface area contributed by atoms with Crippen molar-refractivity contribution in [1.82, 2.24) is 9.97 Å². The maximum atomic E-state index is 5.51. The Hall–Kier alpha value is -1.74. The standard InChI is InChI=1S/C15H19N3/c1-11-5-6-12(2)13(10-11)14-7-9-17-15(18-14)4-3-8-16/h5-7,9-10H,3-4,8,16H2,1-2H3. The monoisotopic (exact) mass is 241 g/mol. The molecule has 0 saturated carbocycles. The van der Waals surface area contributed by atoms with E-state index in [1.807, 2.05) is 12.3 Å². The average Bonchev–Trinajstić information content (AvgIpc) is 2.39. The van der Waals surface area contributed by atoms with Crippen LogP contribution in [0.5, 0.6) is 0 Å². The van der Waals surface area contributed by atoms with Crippen molar-refractivity contribution in [2.45, 2.75) is 26.7 Å². The van der Waals surface area contributed by atoms with Gasteiger partial charge in [-0.2, -0.15) is 0 Å². The summed E-state index contributed by atoms with van der Waals surface area (Å²) in [6, 6.07) is 8.39. The molecule has 1 aromatic carbocycles. The number of hydrogen-bond acceptors (Lipinski definition) is 3. The highest BCUT2D eigenvalue weighted by Crippen LogP contribution is 2.22. The van der Waals surface area contributed by atoms with E-state index in [2.05, 4.69) is 42.0 Å². The number of aromatic nitrogens is 2. The molecule has 0 aliphatic rings. The fourth-order valence-electron chi connectivity index (χ4n) is 1.94. The van der Waals surface area contributed by atoms with Crippen LogP contribution in [0.2, 0.25) is 0 Å². The lowest BCUT2D eigenvalue weighted by molar-refractivity contribution is 0.782. The lowest BCUT2D eigenvalue weighted by Crippen LogP contribution is -2.03. The van der Waals surface area contributed by atoms with Crippen molar-refractivity contribution >= 4 is 0 Å². The highest BCUT2D eigenvalue weighted by atomic mass is 14.9. The lowest BCUT2D eigenvalue weighted by atomic mass is 10.0. The zero-order valence-electron chi connectivity index (χ0n) is 11.0. The number of aryl methyl sites for hydroxylation is 3. The Bertz CT molecular complexity index is 535. The van der Waals surface area contributed by atoms with Crippen LogP contribution in [-0.2, 0) is 6.42 Å². The summed E-state index contributed by atoms with van der Waals surface area (Å²) < 4.78 is 0. The van der Waals surface area contributed by atoms with E-state index in [-0.39, 0.29) is 0 Å². The van der Waals surface area contributed by atoms with Crippen molar-refractivity contribution in [3.8, 4) is 11.3 Å². The van der Waals surface area contributed by atoms with E-state index < -0.39 is 0 Å². The first-order chi connectivity index (χ1) is 8.70. The summed E-state index contributed by atoms with van der Waals surface area (Å²) in [5.74, 6) is 0.874. The topological polar surface area (TPSA) is 51.8 Å². The van der Waals surface area contributed by atoms with E-state index in [4.69, 9.17) is 5.73 Å². The van der Waals surface area contributed by atoms with Gasteiger partial charge in [0.25, 0.3) is 0 Å². The maximum absolute atomic E-state index is 5.51. The van der Waals surface area contributed by atoms with Gasteiger partial charge in [-0.25, -0.2) is 9.97 Å². The number of nitrogens with two attached hydrogens (primary N) is 1. The number of hydrogen-bond donors (Lipinski definition) is 1. The van der Waals surface area contributed by atoms with Gasteiger partial charge >= 0.3 is 0 Å². The number of rotatable bonds is 4. The molecule has 3 nitrogen and oxygen atoms in total. The third-order valence-electron chi connectivity index (χ3n) is 2.98. The summed E-state index contributed by atoms with van der Waals surface area (Å²) in [4.78, 5) is 8.90. The van der Waals surface area contributed by atoms with Gasteiger partial charge in [-0.15, -0.1) is 0 Å². The molecule has 0 radical (unpaired) electrons. The van der Waals surface area contributed by atoms with Crippen LogP contribution in [0.25, 0.3) is 11.3 Å². The molecule has 2 N–H and O–H groups in total. The van der Waals surface area contributed by atoms with Gasteiger partial charge in [0.05, 0.1) is 5.69 Å². The minimum atomic E-state index is 0.678. The van der Waals surface area contributed by atoms with Crippen molar-refractivity contribution in [3.05, 3.63) is 47.4 Å². The Morgan fingerprint density at radius 1 is 1.17 bits per heavy atom. The molecule has 0 spiro atoms. The minimum absolute atomic E-state index is 0.678. The van der Waals surface area contributed by atoms with Gasteiger partial charge < -0.3 is 5.73 Å². The SMILES string of the molecule is Cc1ccc(C)c(-c2ccnc(CCCN)n2)c1. The summed E-state index contributed by atoms with van der Waals surface area (Å²) in [5.41, 5.74) is 10.2. The van der Waals surface area contributed by atoms with E-state index >= 15 is 0 Å². The molecule has 0 fully saturated rings. The summed E-state index contributed by atoms with van der Waals surface area (Å²) in [5, 5.41) is 0. The molecule has 0 bridgehead atoms. The molecule has 18 heavy (non-hydrogen) atoms. The molecule has 3 heteroatoms. The third-order valence-corrected chi connectivity index (χ3v) is 2.98. The molecule has 0 aliphatic carbocycles. The van der Waals surface area contributed by atoms with Crippen molar-refractivity contribution in [2.75, 3.05) is 6.54 Å². The van der Waals surface area contributed by atoms with Crippen LogP contribution >= 0.6 is 0 Å². The highest BCUT2D eigenvalue weighted by Gasteiger charge is 2.05. The Balaban J connectivity index is 2.35. The fraction of sp³-hybridized carbons (Fsp3) is 0.333. The summed E-state index contributed by atoms with van der Waals surface area (Å²) in [6.07, 6.45) is 3.60. The van der Waals surface area contributed by atoms with Crippen LogP contribution < -0.4 is 5.73 Å². The first kappa shape index (κ1) is 12.7. The molecule has 2 rings (SSSR count). The van der Waals surface area contributed by atoms with Crippen LogP contribution in [0, 0.1) is 13.8 Å². The van der Waals surface area contributed by atoms with E-state index in [1.54, 1.807) is 0 Å². The molecule has 94 valence electrons. The Labute approximate surface area is 108 Å². The number of benzene rings is 1. The van der Waals surface area contributed by atoms with Crippen LogP contribution in [0.3, 0.4) is 0 Å². The Morgan fingerprint density at radius 3 is 2.78 bits per heavy atom. The van der Waals surface area contributed by atoms with Crippen LogP contribution in [0.1, 0.15) is 23.4 Å². The zero-order chi connectivity index (χ0) is 13.0. The smallest absolute Gasteiger partial charge is 0.128 e. The van der Waals surface area contributed by atoms with Gasteiger partial charge in [-0.05, 0) is 44.5 Å². The maximum Gasteiger partial charge on any atom is 0.128 e. The van der Waals surface area contributed by atoms with Crippen molar-refractivity contribution in [3.63, 3.8) is 0 Å². The molecule has 1 heterocycles. The minimum Gasteiger partial charge on any atom is -0.330 e. The van der Waals surface area contributed by atoms with Gasteiger partial charge in [-0.3, -0.25) is 0 Å². The van der Waals surface area contributed by atoms with Gasteiger partial charge in [0.15, 0.2) is 0 Å². The first-order valence-corrected chi connectivity index (χ1v) is 6.30. The molecule has 0 amide bonds. The summed E-state index contributed by atoms with van der Waals surface area (Å²) in [7, 11) is 0. The largest absolute Gasteiger partial charge is 0.330 e. The summed E-state index contributed by atoms with van der Waals surface area (Å²) >= 11 is 0. The van der Waals surface area contributed by atoms with E-state index in [0.29, 0.717) is 6.54 Å². The predicted octanol–water partition coefficient (Wildman–Crippen LogP) is 2.65. The average molecular weight is 241 g/mol. The highest BCUT2D eigenvalue weighted by molar-refractivity contribution is 5.63. The molecular weight excluding hydrogens is 222 g/mol. The lowest BCUT2D eigenvalue weighted by Gasteiger charge is -2.07. The molecule has 1 aromatic heterocycles. The Kier molecular flexibility index (Phi) is 4.05. The second-order valence-electron chi connectivity index (χ2n) is 4.57. The third kappa shape index (κ3) is 2.93. The van der Waals surface area contributed by atoms with Gasteiger partial charge in [0, 0.05) is 18.2 Å². The normalized spacial score (nSPS) is 10.6. The van der Waals surface area contributed by atoms with E-state index in [1.165, 1.54) is 16.7 Å². The molecule has 0 atom stereocenters. The van der Waals surface area contributed by atoms with Gasteiger partial charge in [0.2, 0.25) is 0 Å². The Morgan fingerprint density at radius 2 is 2.00 bits per heavy atom. The van der Waals surface area contributed by atoms with Crippen LogP contribution in [-0.4, -0.2) is 16.5 Å². The quantitative estimate of drug-likeness (QED) is 0.895. The second kappa shape index (κ2) is 5.74. The number of nitrogens with zero attached hydrogens (tertiary/aromatic N) is 2. The van der Waals surface area contributed by atoms with Crippen molar-refractivity contribution < 1.29 is 0 Å². The zero-order valence-corrected chi connectivity index (χ0v) is 11.0. The fourth-order valence-corrected chi connectivity index (χ4v) is 1.94. The first-order valence-electron chi connectivity index (χ1n) is 6.30. The molecule has 2 aromatic rings. The van der Waals surface area contributed by atoms with E-state index in [0.717, 1.165) is 24.4 Å². The molecule has 0 aliphatic heterocycles. The predicted molar refractivity (Wildman–Crippen MR) is 74.3 cm³/mol. The van der Waals surface area contributed by atoms with Gasteiger partial charge in [-0.1, -0.05) is 17.7 Å². The second-order valence-corrected chi connectivity index (χ2v) is 4.57. The van der Waals surface area contributed by atoms with Gasteiger partial charge in [0.1, 0.15) is 5.82 Å². The van der Waals surface area contributed by atoms with Crippen LogP contribution in [0.4, 0.5) is 0 Å².